The zero-order valence-electron chi connectivity index (χ0n) is 17.4. The second-order valence-corrected chi connectivity index (χ2v) is 15.7. The molecule has 2 aliphatic rings. The molecule has 0 saturated heterocycles. The molecule has 0 aliphatic heterocycles. The number of benzene rings is 2. The minimum atomic E-state index is -0.949. The first kappa shape index (κ1) is 19.1. The first-order chi connectivity index (χ1) is 12.6. The summed E-state index contributed by atoms with van der Waals surface area (Å²) < 4.78 is 1.42. The standard InChI is InChI=1S/C21H25.C5H5.Hf/c1-20(2,3)16-7-9-18-14(12-16)11-15-13-17(21(4,5)6)8-10-19(15)18;1-2-4-5-3-1;/h7-13H,1-6H3;1-5H;. The van der Waals surface area contributed by atoms with Crippen molar-refractivity contribution >= 4 is 0 Å². The Balaban J connectivity index is 1.85. The molecule has 2 aromatic carbocycles. The van der Waals surface area contributed by atoms with Gasteiger partial charge >= 0.3 is 177 Å². The molecule has 0 bridgehead atoms. The van der Waals surface area contributed by atoms with Gasteiger partial charge in [-0.3, -0.25) is 0 Å². The maximum absolute atomic E-state index is 2.53. The van der Waals surface area contributed by atoms with Crippen molar-refractivity contribution in [2.45, 2.75) is 59.7 Å². The van der Waals surface area contributed by atoms with Gasteiger partial charge in [0, 0.05) is 0 Å². The van der Waals surface area contributed by atoms with Crippen LogP contribution in [0.25, 0.3) is 11.1 Å². The predicted molar refractivity (Wildman–Crippen MR) is 113 cm³/mol. The van der Waals surface area contributed by atoms with E-state index in [4.69, 9.17) is 0 Å². The van der Waals surface area contributed by atoms with Crippen molar-refractivity contribution in [2.24, 2.45) is 0 Å². The summed E-state index contributed by atoms with van der Waals surface area (Å²) in [4.78, 5) is 0. The molecule has 4 rings (SSSR count). The van der Waals surface area contributed by atoms with Gasteiger partial charge in [-0.1, -0.05) is 0 Å². The van der Waals surface area contributed by atoms with Crippen molar-refractivity contribution in [3.05, 3.63) is 83.0 Å². The normalized spacial score (nSPS) is 16.7. The summed E-state index contributed by atoms with van der Waals surface area (Å²) in [5, 5.41) is 0. The van der Waals surface area contributed by atoms with Crippen LogP contribution < -0.4 is 0 Å². The molecule has 0 nitrogen and oxygen atoms in total. The van der Waals surface area contributed by atoms with Crippen LogP contribution in [-0.2, 0) is 33.7 Å². The predicted octanol–water partition coefficient (Wildman–Crippen LogP) is 7.35. The molecule has 0 saturated carbocycles. The van der Waals surface area contributed by atoms with Crippen LogP contribution in [0.1, 0.15) is 67.5 Å². The van der Waals surface area contributed by atoms with Gasteiger partial charge in [-0.2, -0.15) is 0 Å². The molecule has 1 heteroatoms. The molecule has 0 unspecified atom stereocenters. The molecule has 0 radical (unpaired) electrons. The van der Waals surface area contributed by atoms with Crippen LogP contribution >= 0.6 is 0 Å². The van der Waals surface area contributed by atoms with E-state index in [1.807, 2.05) is 0 Å². The van der Waals surface area contributed by atoms with E-state index in [0.29, 0.717) is 3.67 Å². The zero-order chi connectivity index (χ0) is 19.4. The van der Waals surface area contributed by atoms with E-state index in [1.54, 1.807) is 11.1 Å². The molecule has 0 atom stereocenters. The van der Waals surface area contributed by atoms with Crippen LogP contribution in [0, 0.1) is 0 Å². The fourth-order valence-corrected chi connectivity index (χ4v) is 10.1. The van der Waals surface area contributed by atoms with Crippen LogP contribution in [0.4, 0.5) is 0 Å². The summed E-state index contributed by atoms with van der Waals surface area (Å²) in [6.45, 7) is 14.0. The van der Waals surface area contributed by atoms with E-state index < -0.39 is 22.9 Å². The average molecular weight is 521 g/mol. The van der Waals surface area contributed by atoms with Crippen molar-refractivity contribution in [3.63, 3.8) is 0 Å². The molecule has 0 spiro atoms. The maximum atomic E-state index is 2.53. The van der Waals surface area contributed by atoms with E-state index in [-0.39, 0.29) is 10.8 Å². The quantitative estimate of drug-likeness (QED) is 0.363. The van der Waals surface area contributed by atoms with Gasteiger partial charge in [0.2, 0.25) is 0 Å². The van der Waals surface area contributed by atoms with Crippen molar-refractivity contribution in [3.8, 4) is 11.1 Å². The Morgan fingerprint density at radius 3 is 1.52 bits per heavy atom. The molecular formula is C26H30Hf. The first-order valence-corrected chi connectivity index (χ1v) is 14.2. The second kappa shape index (κ2) is 6.69. The molecule has 0 heterocycles. The number of fused-ring (bicyclic) bond motifs is 3. The molecule has 0 amide bonds. The third-order valence-corrected chi connectivity index (χ3v) is 12.1. The van der Waals surface area contributed by atoms with Crippen molar-refractivity contribution in [1.29, 1.82) is 0 Å². The Hall–Kier alpha value is -1.21. The van der Waals surface area contributed by atoms with Gasteiger partial charge < -0.3 is 0 Å². The zero-order valence-corrected chi connectivity index (χ0v) is 21.0. The second-order valence-electron chi connectivity index (χ2n) is 10.00. The fourth-order valence-electron chi connectivity index (χ4n) is 4.11. The molecule has 138 valence electrons. The Morgan fingerprint density at radius 2 is 1.11 bits per heavy atom. The average Bonchev–Trinajstić information content (AvgIpc) is 3.20. The fraction of sp³-hybridized carbons (Fsp3) is 0.385. The van der Waals surface area contributed by atoms with Gasteiger partial charge in [-0.25, -0.2) is 0 Å². The number of rotatable bonds is 2. The summed E-state index contributed by atoms with van der Waals surface area (Å²) in [6, 6.07) is 14.6. The van der Waals surface area contributed by atoms with E-state index >= 15 is 0 Å². The van der Waals surface area contributed by atoms with Gasteiger partial charge in [0.05, 0.1) is 0 Å². The monoisotopic (exact) mass is 522 g/mol. The van der Waals surface area contributed by atoms with E-state index in [2.05, 4.69) is 102 Å². The van der Waals surface area contributed by atoms with Crippen LogP contribution in [0.3, 0.4) is 0 Å². The Bertz CT molecular complexity index is 856. The van der Waals surface area contributed by atoms with Gasteiger partial charge in [-0.05, 0) is 0 Å². The number of hydrogen-bond donors (Lipinski definition) is 0. The van der Waals surface area contributed by atoms with Crippen LogP contribution in [-0.4, -0.2) is 0 Å². The summed E-state index contributed by atoms with van der Waals surface area (Å²) in [6.07, 6.45) is 9.35. The summed E-state index contributed by atoms with van der Waals surface area (Å²) in [7, 11) is 0. The number of hydrogen-bond acceptors (Lipinski definition) is 0. The third kappa shape index (κ3) is 3.60. The summed E-state index contributed by atoms with van der Waals surface area (Å²) >= 11 is -0.949. The van der Waals surface area contributed by atoms with Crippen molar-refractivity contribution in [1.82, 2.24) is 0 Å². The Labute approximate surface area is 176 Å². The van der Waals surface area contributed by atoms with Gasteiger partial charge in [0.1, 0.15) is 0 Å². The van der Waals surface area contributed by atoms with E-state index in [0.717, 1.165) is 3.67 Å². The van der Waals surface area contributed by atoms with Crippen LogP contribution in [0.5, 0.6) is 0 Å². The van der Waals surface area contributed by atoms with Crippen molar-refractivity contribution < 1.29 is 22.9 Å². The molecule has 0 aromatic heterocycles. The topological polar surface area (TPSA) is 0 Å². The molecule has 2 aliphatic carbocycles. The van der Waals surface area contributed by atoms with E-state index in [1.165, 1.54) is 22.3 Å². The SMILES string of the molecule is CC(C)(C)c1ccc2c(c1)[CH]([Hf][CH]1C=CC=C1)c1cc(C(C)(C)C)ccc1-2. The molecular weight excluding hydrogens is 491 g/mol. The van der Waals surface area contributed by atoms with Gasteiger partial charge in [0.15, 0.2) is 0 Å². The van der Waals surface area contributed by atoms with Crippen LogP contribution in [0.15, 0.2) is 60.7 Å². The van der Waals surface area contributed by atoms with Crippen molar-refractivity contribution in [2.75, 3.05) is 0 Å². The molecule has 0 N–H and O–H groups in total. The first-order valence-electron chi connectivity index (χ1n) is 10.0. The Kier molecular flexibility index (Phi) is 4.74. The minimum absolute atomic E-state index is 0.200. The van der Waals surface area contributed by atoms with Gasteiger partial charge in [0.25, 0.3) is 0 Å². The Morgan fingerprint density at radius 1 is 0.667 bits per heavy atom. The summed E-state index contributed by atoms with van der Waals surface area (Å²) in [5.41, 5.74) is 9.54. The van der Waals surface area contributed by atoms with Crippen LogP contribution in [0.2, 0.25) is 3.67 Å². The molecule has 27 heavy (non-hydrogen) atoms. The van der Waals surface area contributed by atoms with E-state index in [9.17, 15) is 0 Å². The van der Waals surface area contributed by atoms with Gasteiger partial charge in [-0.15, -0.1) is 0 Å². The molecule has 0 fully saturated rings. The third-order valence-electron chi connectivity index (χ3n) is 5.85. The number of allylic oxidation sites excluding steroid dienone is 4. The molecule has 2 aromatic rings. The summed E-state index contributed by atoms with van der Waals surface area (Å²) in [5.74, 6) is 0.